The predicted molar refractivity (Wildman–Crippen MR) is 372 cm³/mol. The molecule has 0 aromatic heterocycles. The van der Waals surface area contributed by atoms with Gasteiger partial charge in [-0.3, -0.25) is 14.2 Å². The highest BCUT2D eigenvalue weighted by Crippen LogP contribution is 2.38. The van der Waals surface area contributed by atoms with Crippen molar-refractivity contribution in [2.45, 2.75) is 373 Å². The van der Waals surface area contributed by atoms with Crippen LogP contribution in [0.1, 0.15) is 361 Å². The number of rotatable bonds is 68. The lowest BCUT2D eigenvalue weighted by atomic mass is 10.0. The minimum Gasteiger partial charge on any atom is -0.756 e. The normalized spacial score (nSPS) is 13.8. The van der Waals surface area contributed by atoms with Gasteiger partial charge >= 0.3 is 5.97 Å². The van der Waals surface area contributed by atoms with Crippen molar-refractivity contribution in [1.82, 2.24) is 5.32 Å². The number of hydrogen-bond donors (Lipinski definition) is 1. The number of hydrogen-bond acceptors (Lipinski definition) is 7. The van der Waals surface area contributed by atoms with Crippen molar-refractivity contribution in [3.63, 3.8) is 0 Å². The van der Waals surface area contributed by atoms with E-state index in [0.29, 0.717) is 17.4 Å². The molecule has 0 fully saturated rings. The summed E-state index contributed by atoms with van der Waals surface area (Å²) in [5.74, 6) is -0.535. The number of quaternary nitrogens is 1. The molecular weight excluding hydrogens is 1080 g/mol. The standard InChI is InChI=1S/C76H143N2O7P/c1-7-10-13-16-19-22-25-28-30-32-34-36-37-38-39-40-41-43-45-47-49-51-54-57-60-63-66-69-76(80)85-74(67-64-61-58-55-52-27-24-21-18-15-12-9-3)73(72-84-86(81,82)83-71-70-78(4,5)6)77-75(79)68-65-62-59-56-53-50-48-46-44-42-35-33-31-29-26-23-20-17-14-11-8-2/h20,23,28-31,35,42,64,67,73-74H,7-19,21-22,24-27,32-34,36-41,43-63,65-66,68-72H2,1-6H3,(H-,77,79,81,82)/b23-20-,30-28+,31-29-,42-35-,67-64-. The Bertz CT molecular complexity index is 1650. The number of nitrogens with one attached hydrogen (secondary N) is 1. The van der Waals surface area contributed by atoms with E-state index in [1.807, 2.05) is 33.3 Å². The van der Waals surface area contributed by atoms with Crippen molar-refractivity contribution in [2.75, 3.05) is 40.9 Å². The summed E-state index contributed by atoms with van der Waals surface area (Å²) >= 11 is 0. The fraction of sp³-hybridized carbons (Fsp3) is 0.842. The van der Waals surface area contributed by atoms with Crippen molar-refractivity contribution < 1.29 is 37.3 Å². The van der Waals surface area contributed by atoms with Crippen LogP contribution in [-0.4, -0.2) is 69.4 Å². The van der Waals surface area contributed by atoms with Crippen LogP contribution in [-0.2, 0) is 27.9 Å². The Kier molecular flexibility index (Phi) is 63.9. The maximum absolute atomic E-state index is 13.6. The maximum atomic E-state index is 13.6. The molecule has 504 valence electrons. The zero-order valence-electron chi connectivity index (χ0n) is 57.8. The number of ether oxygens (including phenoxy) is 1. The monoisotopic (exact) mass is 1230 g/mol. The second kappa shape index (κ2) is 65.7. The van der Waals surface area contributed by atoms with E-state index in [4.69, 9.17) is 13.8 Å². The quantitative estimate of drug-likeness (QED) is 0.0212. The summed E-state index contributed by atoms with van der Waals surface area (Å²) in [6, 6.07) is -0.893. The van der Waals surface area contributed by atoms with E-state index in [1.165, 1.54) is 244 Å². The molecular formula is C76H143N2O7P. The number of nitrogens with zero attached hydrogens (tertiary/aromatic N) is 1. The molecule has 9 nitrogen and oxygen atoms in total. The molecule has 0 saturated carbocycles. The van der Waals surface area contributed by atoms with Gasteiger partial charge in [0.15, 0.2) is 0 Å². The van der Waals surface area contributed by atoms with E-state index < -0.39 is 20.0 Å². The molecule has 0 aromatic rings. The number of allylic oxidation sites excluding steroid dienone is 9. The number of carbonyl (C=O) groups is 2. The van der Waals surface area contributed by atoms with E-state index in [2.05, 4.69) is 74.7 Å². The number of phosphoric acid groups is 1. The highest BCUT2D eigenvalue weighted by Gasteiger charge is 2.27. The summed E-state index contributed by atoms with van der Waals surface area (Å²) < 4.78 is 30.5. The van der Waals surface area contributed by atoms with E-state index in [9.17, 15) is 19.0 Å². The maximum Gasteiger partial charge on any atom is 0.306 e. The first-order valence-corrected chi connectivity index (χ1v) is 38.6. The highest BCUT2D eigenvalue weighted by molar-refractivity contribution is 7.45. The van der Waals surface area contributed by atoms with Gasteiger partial charge < -0.3 is 28.5 Å². The van der Waals surface area contributed by atoms with Crippen LogP contribution in [0.15, 0.2) is 60.8 Å². The van der Waals surface area contributed by atoms with Crippen LogP contribution in [0.2, 0.25) is 0 Å². The van der Waals surface area contributed by atoms with E-state index >= 15 is 0 Å². The van der Waals surface area contributed by atoms with Crippen molar-refractivity contribution >= 4 is 19.7 Å². The molecule has 3 atom stereocenters. The number of unbranched alkanes of at least 4 members (excludes halogenated alkanes) is 44. The second-order valence-electron chi connectivity index (χ2n) is 26.4. The number of phosphoric ester groups is 1. The van der Waals surface area contributed by atoms with E-state index in [1.54, 1.807) is 0 Å². The molecule has 0 saturated heterocycles. The van der Waals surface area contributed by atoms with Crippen molar-refractivity contribution in [3.05, 3.63) is 60.8 Å². The molecule has 10 heteroatoms. The molecule has 0 spiro atoms. The average molecular weight is 1230 g/mol. The van der Waals surface area contributed by atoms with Crippen LogP contribution in [0, 0.1) is 0 Å². The van der Waals surface area contributed by atoms with Crippen LogP contribution in [0.5, 0.6) is 0 Å². The van der Waals surface area contributed by atoms with E-state index in [-0.39, 0.29) is 31.5 Å². The molecule has 1 N–H and O–H groups in total. The Balaban J connectivity index is 4.99. The zero-order chi connectivity index (χ0) is 62.8. The third kappa shape index (κ3) is 66.1. The van der Waals surface area contributed by atoms with Gasteiger partial charge in [0.2, 0.25) is 5.91 Å². The summed E-state index contributed by atoms with van der Waals surface area (Å²) in [4.78, 5) is 40.2. The van der Waals surface area contributed by atoms with Crippen molar-refractivity contribution in [2.24, 2.45) is 0 Å². The summed E-state index contributed by atoms with van der Waals surface area (Å²) in [7, 11) is 1.19. The molecule has 0 rings (SSSR count). The van der Waals surface area contributed by atoms with Crippen molar-refractivity contribution in [3.8, 4) is 0 Å². The molecule has 86 heavy (non-hydrogen) atoms. The fourth-order valence-electron chi connectivity index (χ4n) is 10.9. The Morgan fingerprint density at radius 2 is 0.709 bits per heavy atom. The predicted octanol–water partition coefficient (Wildman–Crippen LogP) is 23.1. The number of esters is 1. The molecule has 0 aliphatic rings. The minimum absolute atomic E-state index is 0.0236. The molecule has 0 bridgehead atoms. The first kappa shape index (κ1) is 83.7. The van der Waals surface area contributed by atoms with Crippen LogP contribution >= 0.6 is 7.82 Å². The van der Waals surface area contributed by atoms with Crippen LogP contribution in [0.3, 0.4) is 0 Å². The Morgan fingerprint density at radius 1 is 0.407 bits per heavy atom. The van der Waals surface area contributed by atoms with Gasteiger partial charge in [0.25, 0.3) is 7.82 Å². The van der Waals surface area contributed by atoms with Crippen LogP contribution in [0.4, 0.5) is 0 Å². The largest absolute Gasteiger partial charge is 0.756 e. The summed E-state index contributed by atoms with van der Waals surface area (Å²) in [5.41, 5.74) is 0. The van der Waals surface area contributed by atoms with Crippen LogP contribution < -0.4 is 10.2 Å². The van der Waals surface area contributed by atoms with Gasteiger partial charge in [-0.2, -0.15) is 0 Å². The van der Waals surface area contributed by atoms with Gasteiger partial charge in [-0.05, 0) is 96.0 Å². The SMILES string of the molecule is CCCCC/C=C\C/C=C\C/C=C\CCCCCCCCCCC(=O)NC(COP(=O)([O-])OCC[N+](C)(C)C)C(/C=C\CCCCCCCCCCCC)OC(=O)CCCCCCCCCCCCCCCCCCC/C=C/CCCCCCCC. The Morgan fingerprint density at radius 3 is 1.09 bits per heavy atom. The zero-order valence-corrected chi connectivity index (χ0v) is 58.7. The van der Waals surface area contributed by atoms with E-state index in [0.717, 1.165) is 83.5 Å². The molecule has 0 heterocycles. The van der Waals surface area contributed by atoms with Gasteiger partial charge in [-0.25, -0.2) is 0 Å². The van der Waals surface area contributed by atoms with Crippen molar-refractivity contribution in [1.29, 1.82) is 0 Å². The average Bonchev–Trinajstić information content (AvgIpc) is 3.66. The van der Waals surface area contributed by atoms with Gasteiger partial charge in [0, 0.05) is 12.8 Å². The smallest absolute Gasteiger partial charge is 0.306 e. The molecule has 0 aliphatic heterocycles. The van der Waals surface area contributed by atoms with Crippen LogP contribution in [0.25, 0.3) is 0 Å². The molecule has 0 aliphatic carbocycles. The van der Waals surface area contributed by atoms with Gasteiger partial charge in [-0.15, -0.1) is 0 Å². The molecule has 0 aromatic carbocycles. The summed E-state index contributed by atoms with van der Waals surface area (Å²) in [5, 5.41) is 3.04. The lowest BCUT2D eigenvalue weighted by Gasteiger charge is -2.30. The fourth-order valence-corrected chi connectivity index (χ4v) is 11.7. The minimum atomic E-state index is -4.71. The Labute approximate surface area is 534 Å². The number of likely N-dealkylation sites (N-methyl/N-ethyl adjacent to an activating group) is 1. The third-order valence-corrected chi connectivity index (χ3v) is 17.6. The number of amides is 1. The van der Waals surface area contributed by atoms with Gasteiger partial charge in [0.1, 0.15) is 19.3 Å². The Hall–Kier alpha value is -2.29. The summed E-state index contributed by atoms with van der Waals surface area (Å²) in [6.07, 6.45) is 84.9. The third-order valence-electron chi connectivity index (χ3n) is 16.7. The lowest BCUT2D eigenvalue weighted by molar-refractivity contribution is -0.870. The first-order valence-electron chi connectivity index (χ1n) is 37.1. The van der Waals surface area contributed by atoms with Gasteiger partial charge in [-0.1, -0.05) is 313 Å². The number of carbonyl (C=O) groups excluding carboxylic acids is 2. The topological polar surface area (TPSA) is 114 Å². The highest BCUT2D eigenvalue weighted by atomic mass is 31.2. The second-order valence-corrected chi connectivity index (χ2v) is 27.9. The summed E-state index contributed by atoms with van der Waals surface area (Å²) in [6.45, 7) is 6.85. The molecule has 0 radical (unpaired) electrons. The molecule has 1 amide bonds. The lowest BCUT2D eigenvalue weighted by Crippen LogP contribution is -2.47. The molecule has 3 unspecified atom stereocenters. The first-order chi connectivity index (χ1) is 41.9. The van der Waals surface area contributed by atoms with Gasteiger partial charge in [0.05, 0.1) is 33.8 Å².